The lowest BCUT2D eigenvalue weighted by molar-refractivity contribution is -0.148. The molecule has 0 radical (unpaired) electrons. The first-order chi connectivity index (χ1) is 13.8. The first kappa shape index (κ1) is 20.9. The normalized spacial score (nSPS) is 13.9. The number of carbonyl (C=O) groups is 2. The van der Waals surface area contributed by atoms with Gasteiger partial charge in [-0.15, -0.1) is 0 Å². The number of nitrogens with one attached hydrogen (secondary N) is 1. The van der Waals surface area contributed by atoms with E-state index in [2.05, 4.69) is 15.3 Å². The van der Waals surface area contributed by atoms with Crippen LogP contribution in [0.5, 0.6) is 0 Å². The van der Waals surface area contributed by atoms with Crippen molar-refractivity contribution in [3.63, 3.8) is 0 Å². The van der Waals surface area contributed by atoms with E-state index in [1.54, 1.807) is 38.2 Å². The van der Waals surface area contributed by atoms with Crippen molar-refractivity contribution in [2.75, 3.05) is 0 Å². The molecule has 152 valence electrons. The molecule has 0 saturated heterocycles. The van der Waals surface area contributed by atoms with Crippen LogP contribution in [0.3, 0.4) is 0 Å². The molecular formula is C20H24BN3O5. The summed E-state index contributed by atoms with van der Waals surface area (Å²) in [5, 5.41) is 12.7. The number of hydrogen-bond acceptors (Lipinski definition) is 7. The molecular weight excluding hydrogens is 373 g/mol. The fourth-order valence-electron chi connectivity index (χ4n) is 3.29. The molecule has 1 aliphatic heterocycles. The highest BCUT2D eigenvalue weighted by molar-refractivity contribution is 6.62. The second kappa shape index (κ2) is 8.71. The van der Waals surface area contributed by atoms with Crippen LogP contribution in [-0.4, -0.2) is 40.0 Å². The SMILES string of the molecule is Cc1nccc(COC(=O)[C@@H](NC(=O)c2ccc3c(c2C)B(O)OC3)C(C)C)n1. The molecule has 1 atom stereocenters. The summed E-state index contributed by atoms with van der Waals surface area (Å²) in [7, 11) is -1.04. The number of hydrogen-bond donors (Lipinski definition) is 2. The first-order valence-corrected chi connectivity index (χ1v) is 9.46. The molecule has 1 amide bonds. The van der Waals surface area contributed by atoms with Gasteiger partial charge in [0.15, 0.2) is 0 Å². The Kier molecular flexibility index (Phi) is 6.29. The predicted molar refractivity (Wildman–Crippen MR) is 106 cm³/mol. The standard InChI is InChI=1S/C20H24BN3O5/c1-11(2)18(20(26)28-10-15-7-8-22-13(4)23-15)24-19(25)16-6-5-14-9-29-21(27)17(14)12(16)3/h5-8,11,18,27H,9-10H2,1-4H3,(H,24,25)/t18-/m0/s1. The monoisotopic (exact) mass is 397 g/mol. The minimum Gasteiger partial charge on any atom is -0.458 e. The van der Waals surface area contributed by atoms with Crippen LogP contribution in [0, 0.1) is 19.8 Å². The number of esters is 1. The quantitative estimate of drug-likeness (QED) is 0.548. The van der Waals surface area contributed by atoms with E-state index in [1.807, 2.05) is 13.8 Å². The summed E-state index contributed by atoms with van der Waals surface area (Å²) in [4.78, 5) is 33.6. The van der Waals surface area contributed by atoms with E-state index in [-0.39, 0.29) is 12.5 Å². The maximum Gasteiger partial charge on any atom is 0.492 e. The summed E-state index contributed by atoms with van der Waals surface area (Å²) in [5.74, 6) is -0.530. The largest absolute Gasteiger partial charge is 0.492 e. The van der Waals surface area contributed by atoms with Gasteiger partial charge >= 0.3 is 13.1 Å². The Bertz CT molecular complexity index is 934. The summed E-state index contributed by atoms with van der Waals surface area (Å²) in [5.41, 5.74) is 3.07. The number of benzene rings is 1. The number of nitrogens with zero attached hydrogens (tertiary/aromatic N) is 2. The summed E-state index contributed by atoms with van der Waals surface area (Å²) >= 11 is 0. The molecule has 0 saturated carbocycles. The molecule has 8 nitrogen and oxygen atoms in total. The molecule has 1 aromatic carbocycles. The van der Waals surface area contributed by atoms with E-state index in [0.717, 1.165) is 5.56 Å². The zero-order valence-electron chi connectivity index (χ0n) is 16.9. The van der Waals surface area contributed by atoms with Gasteiger partial charge in [-0.3, -0.25) is 4.79 Å². The lowest BCUT2D eigenvalue weighted by atomic mass is 9.75. The van der Waals surface area contributed by atoms with Crippen molar-refractivity contribution < 1.29 is 24.0 Å². The van der Waals surface area contributed by atoms with Crippen LogP contribution in [0.1, 0.15) is 46.9 Å². The summed E-state index contributed by atoms with van der Waals surface area (Å²) < 4.78 is 10.6. The second-order valence-electron chi connectivity index (χ2n) is 7.37. The van der Waals surface area contributed by atoms with Gasteiger partial charge in [-0.2, -0.15) is 0 Å². The molecule has 2 heterocycles. The fourth-order valence-corrected chi connectivity index (χ4v) is 3.29. The third-order valence-corrected chi connectivity index (χ3v) is 4.90. The Morgan fingerprint density at radius 3 is 2.76 bits per heavy atom. The minimum atomic E-state index is -1.04. The van der Waals surface area contributed by atoms with Gasteiger partial charge in [-0.25, -0.2) is 14.8 Å². The molecule has 2 aromatic rings. The Balaban J connectivity index is 1.71. The average molecular weight is 397 g/mol. The Morgan fingerprint density at radius 1 is 1.31 bits per heavy atom. The molecule has 29 heavy (non-hydrogen) atoms. The minimum absolute atomic E-state index is 0.00267. The Labute approximate surface area is 169 Å². The zero-order chi connectivity index (χ0) is 21.1. The third kappa shape index (κ3) is 4.63. The van der Waals surface area contributed by atoms with Crippen molar-refractivity contribution in [3.8, 4) is 0 Å². The number of ether oxygens (including phenoxy) is 1. The van der Waals surface area contributed by atoms with Crippen LogP contribution < -0.4 is 10.8 Å². The van der Waals surface area contributed by atoms with Gasteiger partial charge in [0.1, 0.15) is 18.5 Å². The summed E-state index contributed by atoms with van der Waals surface area (Å²) in [6.45, 7) is 7.48. The summed E-state index contributed by atoms with van der Waals surface area (Å²) in [6, 6.07) is 4.29. The molecule has 1 aromatic heterocycles. The second-order valence-corrected chi connectivity index (χ2v) is 7.37. The number of carbonyl (C=O) groups excluding carboxylic acids is 2. The predicted octanol–water partition coefficient (Wildman–Crippen LogP) is 0.809. The van der Waals surface area contributed by atoms with Gasteiger partial charge in [0, 0.05) is 11.8 Å². The smallest absolute Gasteiger partial charge is 0.458 e. The lowest BCUT2D eigenvalue weighted by Crippen LogP contribution is -2.46. The number of amides is 1. The van der Waals surface area contributed by atoms with Crippen LogP contribution in [0.2, 0.25) is 0 Å². The Hall–Kier alpha value is -2.78. The van der Waals surface area contributed by atoms with Gasteiger partial charge < -0.3 is 19.7 Å². The molecule has 0 aliphatic carbocycles. The van der Waals surface area contributed by atoms with Crippen LogP contribution in [0.15, 0.2) is 24.4 Å². The molecule has 1 aliphatic rings. The fraction of sp³-hybridized carbons (Fsp3) is 0.400. The number of aromatic nitrogens is 2. The van der Waals surface area contributed by atoms with Gasteiger partial charge in [0.25, 0.3) is 5.91 Å². The number of rotatable bonds is 6. The highest BCUT2D eigenvalue weighted by Crippen LogP contribution is 2.17. The highest BCUT2D eigenvalue weighted by Gasteiger charge is 2.32. The van der Waals surface area contributed by atoms with Crippen LogP contribution in [0.4, 0.5) is 0 Å². The van der Waals surface area contributed by atoms with Crippen molar-refractivity contribution in [2.45, 2.75) is 47.0 Å². The maximum atomic E-state index is 12.8. The van der Waals surface area contributed by atoms with Gasteiger partial charge in [-0.1, -0.05) is 19.9 Å². The maximum absolute atomic E-state index is 12.8. The molecule has 2 N–H and O–H groups in total. The van der Waals surface area contributed by atoms with E-state index >= 15 is 0 Å². The van der Waals surface area contributed by atoms with E-state index in [9.17, 15) is 14.6 Å². The van der Waals surface area contributed by atoms with Crippen molar-refractivity contribution in [3.05, 3.63) is 52.6 Å². The van der Waals surface area contributed by atoms with Gasteiger partial charge in [-0.05, 0) is 48.5 Å². The molecule has 3 rings (SSSR count). The average Bonchev–Trinajstić information content (AvgIpc) is 3.06. The van der Waals surface area contributed by atoms with E-state index in [4.69, 9.17) is 9.39 Å². The Morgan fingerprint density at radius 2 is 2.07 bits per heavy atom. The summed E-state index contributed by atoms with van der Waals surface area (Å²) in [6.07, 6.45) is 1.60. The number of aryl methyl sites for hydroxylation is 1. The first-order valence-electron chi connectivity index (χ1n) is 9.46. The van der Waals surface area contributed by atoms with Crippen molar-refractivity contribution in [1.82, 2.24) is 15.3 Å². The van der Waals surface area contributed by atoms with Crippen LogP contribution in [-0.2, 0) is 27.4 Å². The van der Waals surface area contributed by atoms with Gasteiger partial charge in [0.2, 0.25) is 0 Å². The van der Waals surface area contributed by atoms with Crippen molar-refractivity contribution in [2.24, 2.45) is 5.92 Å². The molecule has 0 fully saturated rings. The van der Waals surface area contributed by atoms with Crippen molar-refractivity contribution >= 4 is 24.5 Å². The molecule has 9 heteroatoms. The highest BCUT2D eigenvalue weighted by atomic mass is 16.5. The van der Waals surface area contributed by atoms with Gasteiger partial charge in [0.05, 0.1) is 12.3 Å². The van der Waals surface area contributed by atoms with Crippen LogP contribution in [0.25, 0.3) is 0 Å². The number of fused-ring (bicyclic) bond motifs is 1. The topological polar surface area (TPSA) is 111 Å². The molecule has 0 spiro atoms. The van der Waals surface area contributed by atoms with E-state index < -0.39 is 25.0 Å². The molecule has 0 bridgehead atoms. The van der Waals surface area contributed by atoms with E-state index in [0.29, 0.717) is 34.7 Å². The molecule has 0 unspecified atom stereocenters. The van der Waals surface area contributed by atoms with E-state index in [1.165, 1.54) is 0 Å². The third-order valence-electron chi connectivity index (χ3n) is 4.90. The van der Waals surface area contributed by atoms with Crippen LogP contribution >= 0.6 is 0 Å². The zero-order valence-corrected chi connectivity index (χ0v) is 16.9. The van der Waals surface area contributed by atoms with Crippen molar-refractivity contribution in [1.29, 1.82) is 0 Å². The lowest BCUT2D eigenvalue weighted by Gasteiger charge is -2.21.